The Bertz CT molecular complexity index is 392. The van der Waals surface area contributed by atoms with Crippen LogP contribution in [0.5, 0.6) is 5.75 Å². The molecule has 1 aliphatic rings. The summed E-state index contributed by atoms with van der Waals surface area (Å²) < 4.78 is 5.67. The topological polar surface area (TPSA) is 29.5 Å². The van der Waals surface area contributed by atoms with Gasteiger partial charge in [0.15, 0.2) is 0 Å². The molecule has 2 nitrogen and oxygen atoms in total. The summed E-state index contributed by atoms with van der Waals surface area (Å²) in [6, 6.07) is 7.95. The molecule has 1 saturated carbocycles. The summed E-state index contributed by atoms with van der Waals surface area (Å²) in [4.78, 5) is 0. The van der Waals surface area contributed by atoms with Crippen LogP contribution in [0, 0.1) is 5.92 Å². The van der Waals surface area contributed by atoms with Crippen LogP contribution in [-0.4, -0.2) is 11.7 Å². The van der Waals surface area contributed by atoms with E-state index in [1.165, 1.54) is 12.8 Å². The van der Waals surface area contributed by atoms with Gasteiger partial charge in [0.1, 0.15) is 5.75 Å². The minimum Gasteiger partial charge on any atom is -0.493 e. The van der Waals surface area contributed by atoms with Crippen molar-refractivity contribution in [2.45, 2.75) is 58.0 Å². The van der Waals surface area contributed by atoms with Crippen molar-refractivity contribution in [2.75, 3.05) is 6.61 Å². The van der Waals surface area contributed by atoms with Crippen LogP contribution in [0.3, 0.4) is 0 Å². The van der Waals surface area contributed by atoms with Crippen molar-refractivity contribution in [1.29, 1.82) is 0 Å². The average Bonchev–Trinajstić information content (AvgIpc) is 2.43. The van der Waals surface area contributed by atoms with Crippen molar-refractivity contribution in [3.63, 3.8) is 0 Å². The van der Waals surface area contributed by atoms with Crippen LogP contribution in [0.1, 0.15) is 57.9 Å². The van der Waals surface area contributed by atoms with Crippen LogP contribution in [0.4, 0.5) is 0 Å². The normalized spacial score (nSPS) is 27.2. The zero-order chi connectivity index (χ0) is 13.7. The van der Waals surface area contributed by atoms with E-state index in [0.29, 0.717) is 6.61 Å². The summed E-state index contributed by atoms with van der Waals surface area (Å²) in [6.45, 7) is 4.87. The maximum atomic E-state index is 11.0. The van der Waals surface area contributed by atoms with Gasteiger partial charge in [-0.1, -0.05) is 38.0 Å². The molecule has 0 aliphatic heterocycles. The van der Waals surface area contributed by atoms with Crippen molar-refractivity contribution in [2.24, 2.45) is 5.92 Å². The standard InChI is InChI=1S/C17H26O2/c1-3-7-14-10-12-17(18,13-11-14)15-8-5-6-9-16(15)19-4-2/h5-6,8-9,14,18H,3-4,7,10-13H2,1-2H3. The molecule has 0 saturated heterocycles. The van der Waals surface area contributed by atoms with Gasteiger partial charge < -0.3 is 9.84 Å². The number of benzene rings is 1. The third-order valence-electron chi connectivity index (χ3n) is 4.32. The van der Waals surface area contributed by atoms with E-state index < -0.39 is 5.60 Å². The van der Waals surface area contributed by atoms with E-state index in [4.69, 9.17) is 4.74 Å². The van der Waals surface area contributed by atoms with E-state index in [-0.39, 0.29) is 0 Å². The fourth-order valence-corrected chi connectivity index (χ4v) is 3.25. The van der Waals surface area contributed by atoms with Crippen LogP contribution in [-0.2, 0) is 5.60 Å². The molecule has 2 heteroatoms. The molecule has 0 unspecified atom stereocenters. The number of ether oxygens (including phenoxy) is 1. The molecule has 0 spiro atoms. The number of hydrogen-bond donors (Lipinski definition) is 1. The summed E-state index contributed by atoms with van der Waals surface area (Å²) in [5.74, 6) is 1.64. The number of hydrogen-bond acceptors (Lipinski definition) is 2. The molecule has 1 aromatic carbocycles. The molecule has 106 valence electrons. The van der Waals surface area contributed by atoms with Crippen molar-refractivity contribution >= 4 is 0 Å². The highest BCUT2D eigenvalue weighted by atomic mass is 16.5. The molecule has 0 atom stereocenters. The van der Waals surface area contributed by atoms with Gasteiger partial charge in [-0.05, 0) is 44.6 Å². The van der Waals surface area contributed by atoms with Gasteiger partial charge in [0.25, 0.3) is 0 Å². The SMILES string of the molecule is CCCC1CCC(O)(c2ccccc2OCC)CC1. The highest BCUT2D eigenvalue weighted by molar-refractivity contribution is 5.38. The minimum atomic E-state index is -0.685. The van der Waals surface area contributed by atoms with Gasteiger partial charge in [-0.15, -0.1) is 0 Å². The van der Waals surface area contributed by atoms with Crippen LogP contribution in [0.2, 0.25) is 0 Å². The van der Waals surface area contributed by atoms with Gasteiger partial charge >= 0.3 is 0 Å². The van der Waals surface area contributed by atoms with E-state index in [1.54, 1.807) is 0 Å². The Morgan fingerprint density at radius 3 is 2.53 bits per heavy atom. The lowest BCUT2D eigenvalue weighted by Gasteiger charge is -2.37. The Labute approximate surface area is 116 Å². The molecule has 0 radical (unpaired) electrons. The summed E-state index contributed by atoms with van der Waals surface area (Å²) in [7, 11) is 0. The van der Waals surface area contributed by atoms with E-state index in [0.717, 1.165) is 42.9 Å². The first kappa shape index (κ1) is 14.4. The van der Waals surface area contributed by atoms with E-state index >= 15 is 0 Å². The fraction of sp³-hybridized carbons (Fsp3) is 0.647. The molecule has 1 aromatic rings. The molecule has 1 fully saturated rings. The lowest BCUT2D eigenvalue weighted by molar-refractivity contribution is -0.0172. The maximum absolute atomic E-state index is 11.0. The van der Waals surface area contributed by atoms with Gasteiger partial charge in [-0.2, -0.15) is 0 Å². The second-order valence-corrected chi connectivity index (χ2v) is 5.69. The molecule has 2 rings (SSSR count). The minimum absolute atomic E-state index is 0.644. The number of rotatable bonds is 5. The summed E-state index contributed by atoms with van der Waals surface area (Å²) in [5, 5.41) is 11.0. The summed E-state index contributed by atoms with van der Waals surface area (Å²) >= 11 is 0. The van der Waals surface area contributed by atoms with Crippen LogP contribution in [0.15, 0.2) is 24.3 Å². The van der Waals surface area contributed by atoms with Gasteiger partial charge in [-0.25, -0.2) is 0 Å². The van der Waals surface area contributed by atoms with Crippen molar-refractivity contribution in [3.05, 3.63) is 29.8 Å². The van der Waals surface area contributed by atoms with Crippen LogP contribution in [0.25, 0.3) is 0 Å². The van der Waals surface area contributed by atoms with E-state index in [2.05, 4.69) is 6.92 Å². The summed E-state index contributed by atoms with van der Waals surface area (Å²) in [5.41, 5.74) is 0.294. The summed E-state index contributed by atoms with van der Waals surface area (Å²) in [6.07, 6.45) is 6.53. The zero-order valence-corrected chi connectivity index (χ0v) is 12.2. The van der Waals surface area contributed by atoms with Gasteiger partial charge in [0.05, 0.1) is 12.2 Å². The zero-order valence-electron chi connectivity index (χ0n) is 12.2. The Balaban J connectivity index is 2.13. The molecular weight excluding hydrogens is 236 g/mol. The predicted octanol–water partition coefficient (Wildman–Crippen LogP) is 4.26. The third-order valence-corrected chi connectivity index (χ3v) is 4.32. The quantitative estimate of drug-likeness (QED) is 0.859. The predicted molar refractivity (Wildman–Crippen MR) is 78.4 cm³/mol. The van der Waals surface area contributed by atoms with Gasteiger partial charge in [0, 0.05) is 5.56 Å². The average molecular weight is 262 g/mol. The van der Waals surface area contributed by atoms with Gasteiger partial charge in [0.2, 0.25) is 0 Å². The van der Waals surface area contributed by atoms with Gasteiger partial charge in [-0.3, -0.25) is 0 Å². The highest BCUT2D eigenvalue weighted by Gasteiger charge is 2.36. The lowest BCUT2D eigenvalue weighted by Crippen LogP contribution is -2.32. The maximum Gasteiger partial charge on any atom is 0.125 e. The fourth-order valence-electron chi connectivity index (χ4n) is 3.25. The molecule has 0 aromatic heterocycles. The Hall–Kier alpha value is -1.02. The highest BCUT2D eigenvalue weighted by Crippen LogP contribution is 2.43. The third kappa shape index (κ3) is 3.30. The Morgan fingerprint density at radius 1 is 1.21 bits per heavy atom. The molecular formula is C17H26O2. The second kappa shape index (κ2) is 6.42. The van der Waals surface area contributed by atoms with Crippen LogP contribution < -0.4 is 4.74 Å². The monoisotopic (exact) mass is 262 g/mol. The van der Waals surface area contributed by atoms with Crippen molar-refractivity contribution < 1.29 is 9.84 Å². The smallest absolute Gasteiger partial charge is 0.125 e. The van der Waals surface area contributed by atoms with E-state index in [1.807, 2.05) is 31.2 Å². The van der Waals surface area contributed by atoms with Crippen LogP contribution >= 0.6 is 0 Å². The first-order valence-corrected chi connectivity index (χ1v) is 7.64. The first-order chi connectivity index (χ1) is 9.19. The molecule has 19 heavy (non-hydrogen) atoms. The molecule has 0 heterocycles. The number of aliphatic hydroxyl groups is 1. The molecule has 0 amide bonds. The Kier molecular flexibility index (Phi) is 4.87. The first-order valence-electron chi connectivity index (χ1n) is 7.64. The molecule has 0 bridgehead atoms. The van der Waals surface area contributed by atoms with E-state index in [9.17, 15) is 5.11 Å². The molecule has 1 N–H and O–H groups in total. The Morgan fingerprint density at radius 2 is 1.89 bits per heavy atom. The lowest BCUT2D eigenvalue weighted by atomic mass is 9.74. The van der Waals surface area contributed by atoms with Crippen molar-refractivity contribution in [1.82, 2.24) is 0 Å². The second-order valence-electron chi connectivity index (χ2n) is 5.69. The molecule has 1 aliphatic carbocycles. The number of para-hydroxylation sites is 1. The van der Waals surface area contributed by atoms with Crippen molar-refractivity contribution in [3.8, 4) is 5.75 Å². The largest absolute Gasteiger partial charge is 0.493 e.